The summed E-state index contributed by atoms with van der Waals surface area (Å²) in [6, 6.07) is 0. The van der Waals surface area contributed by atoms with Gasteiger partial charge in [0.15, 0.2) is 5.60 Å². The van der Waals surface area contributed by atoms with Crippen LogP contribution in [0.15, 0.2) is 0 Å². The molecule has 0 radical (unpaired) electrons. The summed E-state index contributed by atoms with van der Waals surface area (Å²) >= 11 is 0. The number of likely N-dealkylation sites (tertiary alicyclic amines) is 2. The van der Waals surface area contributed by atoms with Gasteiger partial charge in [0.05, 0.1) is 0 Å². The molecule has 6 heteroatoms. The molecule has 0 aromatic heterocycles. The minimum absolute atomic E-state index is 0.198. The fraction of sp³-hybridized carbons (Fsp3) is 1.00. The van der Waals surface area contributed by atoms with Crippen LogP contribution in [0.2, 0.25) is 0 Å². The van der Waals surface area contributed by atoms with E-state index in [4.69, 9.17) is 0 Å². The molecular weight excluding hydrogens is 245 g/mol. The van der Waals surface area contributed by atoms with E-state index in [0.29, 0.717) is 13.1 Å². The topological polar surface area (TPSA) is 26.7 Å². The molecule has 0 bridgehead atoms. The average Bonchev–Trinajstić information content (AvgIpc) is 2.71. The molecule has 0 saturated carbocycles. The van der Waals surface area contributed by atoms with Crippen molar-refractivity contribution in [1.29, 1.82) is 0 Å². The molecule has 0 amide bonds. The molecule has 2 rings (SSSR count). The van der Waals surface area contributed by atoms with Crippen LogP contribution in [-0.2, 0) is 0 Å². The molecule has 0 spiro atoms. The van der Waals surface area contributed by atoms with Gasteiger partial charge in [-0.1, -0.05) is 6.42 Å². The van der Waals surface area contributed by atoms with E-state index in [9.17, 15) is 18.3 Å². The highest BCUT2D eigenvalue weighted by Crippen LogP contribution is 2.37. The van der Waals surface area contributed by atoms with Gasteiger partial charge < -0.3 is 10.0 Å². The maximum absolute atomic E-state index is 12.6. The lowest BCUT2D eigenvalue weighted by molar-refractivity contribution is -0.253. The fourth-order valence-corrected chi connectivity index (χ4v) is 2.76. The molecule has 0 aliphatic carbocycles. The van der Waals surface area contributed by atoms with Crippen molar-refractivity contribution >= 4 is 0 Å². The van der Waals surface area contributed by atoms with Gasteiger partial charge in [-0.2, -0.15) is 13.2 Å². The first-order valence-electron chi connectivity index (χ1n) is 6.65. The quantitative estimate of drug-likeness (QED) is 0.838. The van der Waals surface area contributed by atoms with Gasteiger partial charge in [-0.15, -0.1) is 0 Å². The Labute approximate surface area is 106 Å². The van der Waals surface area contributed by atoms with Crippen molar-refractivity contribution in [2.24, 2.45) is 0 Å². The Morgan fingerprint density at radius 1 is 0.944 bits per heavy atom. The van der Waals surface area contributed by atoms with Gasteiger partial charge in [0.1, 0.15) is 0 Å². The number of aliphatic hydroxyl groups is 1. The fourth-order valence-electron chi connectivity index (χ4n) is 2.76. The van der Waals surface area contributed by atoms with Crippen LogP contribution in [0.5, 0.6) is 0 Å². The molecule has 106 valence electrons. The lowest BCUT2D eigenvalue weighted by atomic mass is 10.0. The van der Waals surface area contributed by atoms with E-state index in [1.807, 2.05) is 0 Å². The van der Waals surface area contributed by atoms with Crippen LogP contribution in [-0.4, -0.2) is 66.0 Å². The van der Waals surface area contributed by atoms with Crippen molar-refractivity contribution in [3.63, 3.8) is 0 Å². The number of piperidine rings is 1. The maximum Gasteiger partial charge on any atom is 0.418 e. The third-order valence-corrected chi connectivity index (χ3v) is 4.04. The zero-order valence-corrected chi connectivity index (χ0v) is 10.5. The molecule has 1 atom stereocenters. The van der Waals surface area contributed by atoms with Gasteiger partial charge in [0.2, 0.25) is 0 Å². The van der Waals surface area contributed by atoms with Crippen molar-refractivity contribution in [3.8, 4) is 0 Å². The number of halogens is 3. The van der Waals surface area contributed by atoms with E-state index in [0.717, 1.165) is 19.6 Å². The Hall–Kier alpha value is -0.330. The van der Waals surface area contributed by atoms with Crippen LogP contribution in [0.3, 0.4) is 0 Å². The minimum Gasteiger partial charge on any atom is -0.379 e. The highest BCUT2D eigenvalue weighted by atomic mass is 19.4. The van der Waals surface area contributed by atoms with Crippen LogP contribution in [0.25, 0.3) is 0 Å². The van der Waals surface area contributed by atoms with Gasteiger partial charge >= 0.3 is 6.18 Å². The SMILES string of the molecule is OC1(C(F)(F)F)CCN(CCN2CCCCC2)C1. The van der Waals surface area contributed by atoms with E-state index in [2.05, 4.69) is 4.90 Å². The molecule has 2 aliphatic rings. The Morgan fingerprint density at radius 2 is 1.56 bits per heavy atom. The smallest absolute Gasteiger partial charge is 0.379 e. The van der Waals surface area contributed by atoms with Gasteiger partial charge in [-0.05, 0) is 32.4 Å². The van der Waals surface area contributed by atoms with Crippen LogP contribution in [0, 0.1) is 0 Å². The first-order valence-corrected chi connectivity index (χ1v) is 6.65. The second kappa shape index (κ2) is 5.35. The highest BCUT2D eigenvalue weighted by molar-refractivity contribution is 4.95. The lowest BCUT2D eigenvalue weighted by Crippen LogP contribution is -2.48. The van der Waals surface area contributed by atoms with Crippen molar-refractivity contribution < 1.29 is 18.3 Å². The first kappa shape index (κ1) is 14.1. The molecule has 2 aliphatic heterocycles. The van der Waals surface area contributed by atoms with Crippen molar-refractivity contribution in [3.05, 3.63) is 0 Å². The minimum atomic E-state index is -4.51. The summed E-state index contributed by atoms with van der Waals surface area (Å²) in [5.41, 5.74) is -2.49. The van der Waals surface area contributed by atoms with E-state index in [1.54, 1.807) is 4.90 Å². The molecule has 3 nitrogen and oxygen atoms in total. The monoisotopic (exact) mass is 266 g/mol. The molecule has 2 fully saturated rings. The Kier molecular flexibility index (Phi) is 4.18. The van der Waals surface area contributed by atoms with Gasteiger partial charge in [0.25, 0.3) is 0 Å². The van der Waals surface area contributed by atoms with Crippen molar-refractivity contribution in [2.75, 3.05) is 39.3 Å². The Bertz CT molecular complexity index is 279. The largest absolute Gasteiger partial charge is 0.418 e. The number of rotatable bonds is 3. The predicted molar refractivity (Wildman–Crippen MR) is 62.4 cm³/mol. The van der Waals surface area contributed by atoms with Crippen LogP contribution < -0.4 is 0 Å². The standard InChI is InChI=1S/C12H21F3N2O/c13-12(14,15)11(18)4-7-17(10-11)9-8-16-5-2-1-3-6-16/h18H,1-10H2. The van der Waals surface area contributed by atoms with E-state index < -0.39 is 11.8 Å². The van der Waals surface area contributed by atoms with Crippen molar-refractivity contribution in [2.45, 2.75) is 37.5 Å². The lowest BCUT2D eigenvalue weighted by Gasteiger charge is -2.29. The van der Waals surface area contributed by atoms with E-state index in [-0.39, 0.29) is 13.0 Å². The molecule has 0 aromatic carbocycles. The Morgan fingerprint density at radius 3 is 2.11 bits per heavy atom. The molecule has 1 N–H and O–H groups in total. The zero-order chi connectivity index (χ0) is 13.2. The summed E-state index contributed by atoms with van der Waals surface area (Å²) in [7, 11) is 0. The summed E-state index contributed by atoms with van der Waals surface area (Å²) in [6.45, 7) is 3.61. The highest BCUT2D eigenvalue weighted by Gasteiger charge is 2.56. The second-order valence-electron chi connectivity index (χ2n) is 5.46. The molecule has 2 saturated heterocycles. The number of alkyl halides is 3. The molecule has 18 heavy (non-hydrogen) atoms. The number of β-amino-alcohol motifs (C(OH)–C–C–N with tert-alkyl or cyclic N) is 1. The third kappa shape index (κ3) is 3.16. The van der Waals surface area contributed by atoms with Crippen molar-refractivity contribution in [1.82, 2.24) is 9.80 Å². The molecule has 2 heterocycles. The van der Waals surface area contributed by atoms with Gasteiger partial charge in [-0.3, -0.25) is 4.90 Å². The third-order valence-electron chi connectivity index (χ3n) is 4.04. The molecular formula is C12H21F3N2O. The van der Waals surface area contributed by atoms with Crippen LogP contribution in [0.4, 0.5) is 13.2 Å². The second-order valence-corrected chi connectivity index (χ2v) is 5.46. The molecule has 0 aromatic rings. The van der Waals surface area contributed by atoms with E-state index >= 15 is 0 Å². The zero-order valence-electron chi connectivity index (χ0n) is 10.5. The number of nitrogens with zero attached hydrogens (tertiary/aromatic N) is 2. The first-order chi connectivity index (χ1) is 8.41. The van der Waals surface area contributed by atoms with Gasteiger partial charge in [-0.25, -0.2) is 0 Å². The normalized spacial score (nSPS) is 32.0. The van der Waals surface area contributed by atoms with Crippen LogP contribution in [0.1, 0.15) is 25.7 Å². The number of hydrogen-bond acceptors (Lipinski definition) is 3. The number of hydrogen-bond donors (Lipinski definition) is 1. The summed E-state index contributed by atoms with van der Waals surface area (Å²) in [6.07, 6.45) is -1.07. The van der Waals surface area contributed by atoms with Gasteiger partial charge in [0, 0.05) is 26.2 Å². The maximum atomic E-state index is 12.6. The summed E-state index contributed by atoms with van der Waals surface area (Å²) in [5, 5.41) is 9.55. The summed E-state index contributed by atoms with van der Waals surface area (Å²) in [4.78, 5) is 4.02. The molecule has 1 unspecified atom stereocenters. The van der Waals surface area contributed by atoms with E-state index in [1.165, 1.54) is 19.3 Å². The average molecular weight is 266 g/mol. The summed E-state index contributed by atoms with van der Waals surface area (Å²) < 4.78 is 37.9. The summed E-state index contributed by atoms with van der Waals surface area (Å²) in [5.74, 6) is 0. The predicted octanol–water partition coefficient (Wildman–Crippen LogP) is 1.47. The van der Waals surface area contributed by atoms with Crippen LogP contribution >= 0.6 is 0 Å². The Balaban J connectivity index is 1.75.